The fraction of sp³-hybridized carbons (Fsp3) is 0.529. The number of benzene rings is 1. The number of aromatic nitrogens is 4. The minimum absolute atomic E-state index is 0.00945. The van der Waals surface area contributed by atoms with Crippen LogP contribution in [-0.4, -0.2) is 61.1 Å². The van der Waals surface area contributed by atoms with Crippen molar-refractivity contribution in [2.45, 2.75) is 37.8 Å². The summed E-state index contributed by atoms with van der Waals surface area (Å²) < 4.78 is 1.58. The van der Waals surface area contributed by atoms with E-state index >= 15 is 0 Å². The van der Waals surface area contributed by atoms with Gasteiger partial charge in [0.25, 0.3) is 0 Å². The molecule has 1 unspecified atom stereocenters. The molecule has 0 spiro atoms. The molecule has 4 rings (SSSR count). The van der Waals surface area contributed by atoms with Crippen LogP contribution < -0.4 is 5.32 Å². The molecule has 8 heteroatoms. The summed E-state index contributed by atoms with van der Waals surface area (Å²) in [6.07, 6.45) is 5.99. The maximum absolute atomic E-state index is 12.9. The quantitative estimate of drug-likeness (QED) is 0.900. The van der Waals surface area contributed by atoms with Crippen molar-refractivity contribution in [3.63, 3.8) is 0 Å². The number of likely N-dealkylation sites (tertiary alicyclic amines) is 1. The first-order valence-electron chi connectivity index (χ1n) is 8.79. The second-order valence-corrected chi connectivity index (χ2v) is 7.76. The highest BCUT2D eigenvalue weighted by molar-refractivity contribution is 7.99. The SMILES string of the molecule is O=C(Nc1cccc(-n2cnnn2)c1)C1CCCN1C1CCSCC1. The van der Waals surface area contributed by atoms with Crippen molar-refractivity contribution >= 4 is 23.4 Å². The summed E-state index contributed by atoms with van der Waals surface area (Å²) in [4.78, 5) is 15.3. The lowest BCUT2D eigenvalue weighted by Crippen LogP contribution is -2.46. The first-order valence-corrected chi connectivity index (χ1v) is 9.94. The number of carbonyl (C=O) groups is 1. The molecule has 132 valence electrons. The molecule has 1 amide bonds. The van der Waals surface area contributed by atoms with E-state index in [4.69, 9.17) is 0 Å². The van der Waals surface area contributed by atoms with Gasteiger partial charge in [-0.1, -0.05) is 6.07 Å². The molecule has 7 nitrogen and oxygen atoms in total. The molecule has 1 atom stereocenters. The fourth-order valence-corrected chi connectivity index (χ4v) is 4.84. The molecule has 0 saturated carbocycles. The summed E-state index contributed by atoms with van der Waals surface area (Å²) in [5.74, 6) is 2.53. The van der Waals surface area contributed by atoms with Gasteiger partial charge in [-0.15, -0.1) is 5.10 Å². The third-order valence-corrected chi connectivity index (χ3v) is 6.03. The number of carbonyl (C=O) groups excluding carboxylic acids is 1. The van der Waals surface area contributed by atoms with Gasteiger partial charge in [0.1, 0.15) is 6.33 Å². The predicted molar refractivity (Wildman–Crippen MR) is 97.9 cm³/mol. The van der Waals surface area contributed by atoms with Crippen molar-refractivity contribution in [1.82, 2.24) is 25.1 Å². The van der Waals surface area contributed by atoms with Gasteiger partial charge in [0.05, 0.1) is 11.7 Å². The molecule has 2 aromatic rings. The molecule has 3 heterocycles. The molecule has 25 heavy (non-hydrogen) atoms. The highest BCUT2D eigenvalue weighted by Crippen LogP contribution is 2.29. The smallest absolute Gasteiger partial charge is 0.241 e. The summed E-state index contributed by atoms with van der Waals surface area (Å²) in [5.41, 5.74) is 1.61. The Kier molecular flexibility index (Phi) is 4.98. The Morgan fingerprint density at radius 3 is 2.92 bits per heavy atom. The molecule has 1 aromatic carbocycles. The molecule has 0 bridgehead atoms. The molecule has 1 aromatic heterocycles. The van der Waals surface area contributed by atoms with E-state index in [0.717, 1.165) is 30.8 Å². The minimum Gasteiger partial charge on any atom is -0.325 e. The van der Waals surface area contributed by atoms with Crippen LogP contribution in [0.2, 0.25) is 0 Å². The Morgan fingerprint density at radius 2 is 2.12 bits per heavy atom. The monoisotopic (exact) mass is 358 g/mol. The van der Waals surface area contributed by atoms with Gasteiger partial charge in [0, 0.05) is 11.7 Å². The highest BCUT2D eigenvalue weighted by atomic mass is 32.2. The maximum atomic E-state index is 12.9. The normalized spacial score (nSPS) is 22.2. The van der Waals surface area contributed by atoms with Crippen LogP contribution >= 0.6 is 11.8 Å². The van der Waals surface area contributed by atoms with Crippen LogP contribution in [0.3, 0.4) is 0 Å². The van der Waals surface area contributed by atoms with E-state index in [1.165, 1.54) is 24.3 Å². The van der Waals surface area contributed by atoms with E-state index < -0.39 is 0 Å². The van der Waals surface area contributed by atoms with E-state index in [1.807, 2.05) is 36.0 Å². The lowest BCUT2D eigenvalue weighted by molar-refractivity contribution is -0.121. The van der Waals surface area contributed by atoms with E-state index in [2.05, 4.69) is 25.7 Å². The molecule has 2 aliphatic heterocycles. The summed E-state index contributed by atoms with van der Waals surface area (Å²) in [5, 5.41) is 14.3. The van der Waals surface area contributed by atoms with Gasteiger partial charge >= 0.3 is 0 Å². The van der Waals surface area contributed by atoms with E-state index in [0.29, 0.717) is 6.04 Å². The number of tetrazole rings is 1. The second kappa shape index (κ2) is 7.53. The fourth-order valence-electron chi connectivity index (χ4n) is 3.76. The third-order valence-electron chi connectivity index (χ3n) is 4.98. The largest absolute Gasteiger partial charge is 0.325 e. The van der Waals surface area contributed by atoms with Gasteiger partial charge in [-0.3, -0.25) is 9.69 Å². The minimum atomic E-state index is -0.00945. The average molecular weight is 358 g/mol. The zero-order valence-corrected chi connectivity index (χ0v) is 14.9. The topological polar surface area (TPSA) is 75.9 Å². The Labute approximate surface area is 151 Å². The lowest BCUT2D eigenvalue weighted by Gasteiger charge is -2.34. The third kappa shape index (κ3) is 3.69. The van der Waals surface area contributed by atoms with Crippen LogP contribution in [-0.2, 0) is 4.79 Å². The molecule has 2 aliphatic rings. The van der Waals surface area contributed by atoms with Gasteiger partial charge in [-0.25, -0.2) is 4.68 Å². The first-order chi connectivity index (χ1) is 12.3. The molecular formula is C17H22N6OS. The zero-order chi connectivity index (χ0) is 17.1. The number of hydrogen-bond donors (Lipinski definition) is 1. The van der Waals surface area contributed by atoms with Crippen LogP contribution in [0.1, 0.15) is 25.7 Å². The standard InChI is InChI=1S/C17H22N6OS/c24-17(16-5-2-8-22(16)14-6-9-25-10-7-14)19-13-3-1-4-15(11-13)23-12-18-20-21-23/h1,3-4,11-12,14,16H,2,5-10H2,(H,19,24). The zero-order valence-electron chi connectivity index (χ0n) is 14.0. The summed E-state index contributed by atoms with van der Waals surface area (Å²) in [6, 6.07) is 8.16. The van der Waals surface area contributed by atoms with Gasteiger partial charge in [-0.2, -0.15) is 11.8 Å². The summed E-state index contributed by atoms with van der Waals surface area (Å²) >= 11 is 2.02. The molecule has 0 aliphatic carbocycles. The number of nitrogens with zero attached hydrogens (tertiary/aromatic N) is 5. The maximum Gasteiger partial charge on any atom is 0.241 e. The van der Waals surface area contributed by atoms with Crippen molar-refractivity contribution < 1.29 is 4.79 Å². The van der Waals surface area contributed by atoms with Crippen molar-refractivity contribution in [2.75, 3.05) is 23.4 Å². The van der Waals surface area contributed by atoms with Crippen LogP contribution in [0.5, 0.6) is 0 Å². The number of hydrogen-bond acceptors (Lipinski definition) is 6. The number of rotatable bonds is 4. The van der Waals surface area contributed by atoms with Crippen LogP contribution in [0, 0.1) is 0 Å². The van der Waals surface area contributed by atoms with Gasteiger partial charge in [0.15, 0.2) is 0 Å². The number of nitrogens with one attached hydrogen (secondary N) is 1. The molecule has 0 radical (unpaired) electrons. The molecule has 2 fully saturated rings. The summed E-state index contributed by atoms with van der Waals surface area (Å²) in [6.45, 7) is 1.04. The van der Waals surface area contributed by atoms with E-state index in [1.54, 1.807) is 11.0 Å². The van der Waals surface area contributed by atoms with E-state index in [9.17, 15) is 4.79 Å². The van der Waals surface area contributed by atoms with Gasteiger partial charge in [0.2, 0.25) is 5.91 Å². The Morgan fingerprint density at radius 1 is 1.24 bits per heavy atom. The van der Waals surface area contributed by atoms with Gasteiger partial charge in [-0.05, 0) is 72.4 Å². The molecule has 1 N–H and O–H groups in total. The molecular weight excluding hydrogens is 336 g/mol. The Hall–Kier alpha value is -1.93. The molecule has 2 saturated heterocycles. The van der Waals surface area contributed by atoms with E-state index in [-0.39, 0.29) is 11.9 Å². The lowest BCUT2D eigenvalue weighted by atomic mass is 10.1. The number of amides is 1. The van der Waals surface area contributed by atoms with Crippen molar-refractivity contribution in [2.24, 2.45) is 0 Å². The first kappa shape index (κ1) is 16.5. The average Bonchev–Trinajstić information content (AvgIpc) is 3.34. The number of thioether (sulfide) groups is 1. The van der Waals surface area contributed by atoms with Crippen LogP contribution in [0.25, 0.3) is 5.69 Å². The van der Waals surface area contributed by atoms with Crippen molar-refractivity contribution in [3.05, 3.63) is 30.6 Å². The number of anilines is 1. The summed E-state index contributed by atoms with van der Waals surface area (Å²) in [7, 11) is 0. The van der Waals surface area contributed by atoms with Gasteiger partial charge < -0.3 is 5.32 Å². The predicted octanol–water partition coefficient (Wildman–Crippen LogP) is 1.96. The van der Waals surface area contributed by atoms with Crippen LogP contribution in [0.15, 0.2) is 30.6 Å². The van der Waals surface area contributed by atoms with Crippen LogP contribution in [0.4, 0.5) is 5.69 Å². The van der Waals surface area contributed by atoms with Crippen molar-refractivity contribution in [1.29, 1.82) is 0 Å². The highest BCUT2D eigenvalue weighted by Gasteiger charge is 2.35. The Balaban J connectivity index is 1.45. The Bertz CT molecular complexity index is 716. The van der Waals surface area contributed by atoms with Crippen molar-refractivity contribution in [3.8, 4) is 5.69 Å². The second-order valence-electron chi connectivity index (χ2n) is 6.53.